The molecule has 3 N–H and O–H groups in total. The Morgan fingerprint density at radius 1 is 1.55 bits per heavy atom. The lowest BCUT2D eigenvalue weighted by Gasteiger charge is -2.29. The number of carboxylic acids is 1. The first-order valence-electron chi connectivity index (χ1n) is 6.78. The molecule has 7 nitrogen and oxygen atoms in total. The van der Waals surface area contributed by atoms with Crippen LogP contribution in [0.25, 0.3) is 0 Å². The summed E-state index contributed by atoms with van der Waals surface area (Å²) in [5.74, 6) is 0.0199. The Balaban J connectivity index is 2.03. The number of rotatable bonds is 3. The number of anilines is 1. The first-order valence-corrected chi connectivity index (χ1v) is 7.16. The number of aliphatic carboxylic acids is 1. The molecule has 0 saturated heterocycles. The van der Waals surface area contributed by atoms with Gasteiger partial charge in [-0.15, -0.1) is 5.10 Å². The minimum Gasteiger partial charge on any atom is -0.495 e. The largest absolute Gasteiger partial charge is 0.495 e. The van der Waals surface area contributed by atoms with Gasteiger partial charge in [-0.25, -0.2) is 9.48 Å². The molecular weight excluding hydrogens is 308 g/mol. The molecule has 2 unspecified atom stereocenters. The van der Waals surface area contributed by atoms with Crippen molar-refractivity contribution < 1.29 is 14.6 Å². The zero-order valence-corrected chi connectivity index (χ0v) is 12.6. The van der Waals surface area contributed by atoms with E-state index in [1.54, 1.807) is 12.1 Å². The maximum absolute atomic E-state index is 11.7. The molecule has 0 fully saturated rings. The van der Waals surface area contributed by atoms with Gasteiger partial charge in [0.2, 0.25) is 5.95 Å². The first kappa shape index (κ1) is 14.6. The molecule has 1 aliphatic heterocycles. The zero-order valence-electron chi connectivity index (χ0n) is 11.9. The highest BCUT2D eigenvalue weighted by Gasteiger charge is 2.37. The van der Waals surface area contributed by atoms with E-state index in [2.05, 4.69) is 10.1 Å². The SMILES string of the molecule is COc1ccc(C2CCc3nc(N)nn3C2C(=O)O)cc1Cl. The molecule has 0 aliphatic carbocycles. The lowest BCUT2D eigenvalue weighted by atomic mass is 9.85. The van der Waals surface area contributed by atoms with Crippen molar-refractivity contribution in [2.45, 2.75) is 24.8 Å². The van der Waals surface area contributed by atoms with Crippen LogP contribution in [-0.4, -0.2) is 33.0 Å². The van der Waals surface area contributed by atoms with Gasteiger partial charge in [-0.05, 0) is 24.1 Å². The molecule has 0 radical (unpaired) electrons. The fourth-order valence-corrected chi connectivity index (χ4v) is 3.19. The number of methoxy groups -OCH3 is 1. The molecule has 0 spiro atoms. The Morgan fingerprint density at radius 3 is 2.95 bits per heavy atom. The van der Waals surface area contributed by atoms with E-state index >= 15 is 0 Å². The summed E-state index contributed by atoms with van der Waals surface area (Å²) >= 11 is 6.15. The van der Waals surface area contributed by atoms with E-state index in [9.17, 15) is 9.90 Å². The lowest BCUT2D eigenvalue weighted by molar-refractivity contribution is -0.142. The standard InChI is InChI=1S/C14H15ClN4O3/c1-22-10-4-2-7(6-9(10)15)8-3-5-11-17-14(16)18-19(11)12(8)13(20)21/h2,4,6,8,12H,3,5H2,1H3,(H2,16,18)(H,20,21). The summed E-state index contributed by atoms with van der Waals surface area (Å²) in [5, 5.41) is 14.1. The van der Waals surface area contributed by atoms with E-state index in [-0.39, 0.29) is 11.9 Å². The topological polar surface area (TPSA) is 103 Å². The van der Waals surface area contributed by atoms with Crippen molar-refractivity contribution in [2.24, 2.45) is 0 Å². The lowest BCUT2D eigenvalue weighted by Crippen LogP contribution is -2.32. The maximum Gasteiger partial charge on any atom is 0.329 e. The van der Waals surface area contributed by atoms with E-state index in [1.165, 1.54) is 11.8 Å². The second-order valence-corrected chi connectivity index (χ2v) is 5.56. The quantitative estimate of drug-likeness (QED) is 0.894. The van der Waals surface area contributed by atoms with Gasteiger partial charge in [0, 0.05) is 12.3 Å². The van der Waals surface area contributed by atoms with Gasteiger partial charge in [-0.3, -0.25) is 0 Å². The molecule has 2 heterocycles. The fraction of sp³-hybridized carbons (Fsp3) is 0.357. The van der Waals surface area contributed by atoms with Gasteiger partial charge < -0.3 is 15.6 Å². The normalized spacial score (nSPS) is 20.5. The highest BCUT2D eigenvalue weighted by molar-refractivity contribution is 6.32. The molecule has 0 bridgehead atoms. The second kappa shape index (κ2) is 5.49. The Bertz CT molecular complexity index is 731. The van der Waals surface area contributed by atoms with Gasteiger partial charge in [0.05, 0.1) is 12.1 Å². The number of nitrogens with zero attached hydrogens (tertiary/aromatic N) is 3. The Kier molecular flexibility index (Phi) is 3.66. The first-order chi connectivity index (χ1) is 10.5. The third-order valence-electron chi connectivity index (χ3n) is 3.90. The maximum atomic E-state index is 11.7. The predicted molar refractivity (Wildman–Crippen MR) is 80.2 cm³/mol. The average Bonchev–Trinajstić information content (AvgIpc) is 2.85. The van der Waals surface area contributed by atoms with Crippen molar-refractivity contribution in [1.82, 2.24) is 14.8 Å². The third-order valence-corrected chi connectivity index (χ3v) is 4.19. The molecule has 0 amide bonds. The van der Waals surface area contributed by atoms with Crippen LogP contribution < -0.4 is 10.5 Å². The number of carboxylic acid groups (broad SMARTS) is 1. The molecule has 22 heavy (non-hydrogen) atoms. The molecular formula is C14H15ClN4O3. The van der Waals surface area contributed by atoms with Gasteiger partial charge in [-0.1, -0.05) is 17.7 Å². The van der Waals surface area contributed by atoms with Gasteiger partial charge >= 0.3 is 5.97 Å². The van der Waals surface area contributed by atoms with Crippen LogP contribution in [0, 0.1) is 0 Å². The van der Waals surface area contributed by atoms with E-state index in [1.807, 2.05) is 6.07 Å². The van der Waals surface area contributed by atoms with Gasteiger partial charge in [-0.2, -0.15) is 4.98 Å². The van der Waals surface area contributed by atoms with Crippen LogP contribution >= 0.6 is 11.6 Å². The summed E-state index contributed by atoms with van der Waals surface area (Å²) in [6.45, 7) is 0. The van der Waals surface area contributed by atoms with Crippen molar-refractivity contribution in [3.63, 3.8) is 0 Å². The number of ether oxygens (including phenoxy) is 1. The number of halogens is 1. The van der Waals surface area contributed by atoms with Crippen LogP contribution in [-0.2, 0) is 11.2 Å². The summed E-state index contributed by atoms with van der Waals surface area (Å²) in [7, 11) is 1.53. The summed E-state index contributed by atoms with van der Waals surface area (Å²) in [5.41, 5.74) is 6.42. The van der Waals surface area contributed by atoms with Gasteiger partial charge in [0.1, 0.15) is 11.6 Å². The van der Waals surface area contributed by atoms with Crippen LogP contribution in [0.3, 0.4) is 0 Å². The van der Waals surface area contributed by atoms with E-state index in [0.717, 1.165) is 5.56 Å². The van der Waals surface area contributed by atoms with Gasteiger partial charge in [0.15, 0.2) is 6.04 Å². The van der Waals surface area contributed by atoms with Crippen molar-refractivity contribution >= 4 is 23.5 Å². The number of fused-ring (bicyclic) bond motifs is 1. The zero-order chi connectivity index (χ0) is 15.9. The number of hydrogen-bond donors (Lipinski definition) is 2. The Labute approximate surface area is 131 Å². The van der Waals surface area contributed by atoms with Crippen molar-refractivity contribution in [3.05, 3.63) is 34.6 Å². The minimum absolute atomic E-state index is 0.0923. The predicted octanol–water partition coefficient (Wildman–Crippen LogP) is 1.88. The molecule has 2 aromatic rings. The number of benzene rings is 1. The highest BCUT2D eigenvalue weighted by Crippen LogP contribution is 2.39. The summed E-state index contributed by atoms with van der Waals surface area (Å²) < 4.78 is 6.54. The fourth-order valence-electron chi connectivity index (χ4n) is 2.92. The number of hydrogen-bond acceptors (Lipinski definition) is 5. The van der Waals surface area contributed by atoms with Crippen molar-refractivity contribution in [2.75, 3.05) is 12.8 Å². The molecule has 8 heteroatoms. The smallest absolute Gasteiger partial charge is 0.329 e. The van der Waals surface area contributed by atoms with Crippen LogP contribution in [0.5, 0.6) is 5.75 Å². The van der Waals surface area contributed by atoms with E-state index < -0.39 is 12.0 Å². The Hall–Kier alpha value is -2.28. The average molecular weight is 323 g/mol. The Morgan fingerprint density at radius 2 is 2.32 bits per heavy atom. The van der Waals surface area contributed by atoms with Gasteiger partial charge in [0.25, 0.3) is 0 Å². The number of aromatic nitrogens is 3. The molecule has 1 aromatic heterocycles. The summed E-state index contributed by atoms with van der Waals surface area (Å²) in [6.07, 6.45) is 1.25. The number of aryl methyl sites for hydroxylation is 1. The van der Waals surface area contributed by atoms with Crippen LogP contribution in [0.15, 0.2) is 18.2 Å². The molecule has 1 aromatic carbocycles. The summed E-state index contributed by atoms with van der Waals surface area (Å²) in [6, 6.07) is 4.46. The molecule has 2 atom stereocenters. The second-order valence-electron chi connectivity index (χ2n) is 5.15. The van der Waals surface area contributed by atoms with E-state index in [4.69, 9.17) is 22.1 Å². The van der Waals surface area contributed by atoms with Crippen molar-refractivity contribution in [1.29, 1.82) is 0 Å². The molecule has 1 aliphatic rings. The van der Waals surface area contributed by atoms with E-state index in [0.29, 0.717) is 29.4 Å². The molecule has 3 rings (SSSR count). The van der Waals surface area contributed by atoms with Crippen LogP contribution in [0.4, 0.5) is 5.95 Å². The number of nitrogen functional groups attached to an aromatic ring is 1. The highest BCUT2D eigenvalue weighted by atomic mass is 35.5. The monoisotopic (exact) mass is 322 g/mol. The number of carbonyl (C=O) groups is 1. The van der Waals surface area contributed by atoms with Crippen LogP contribution in [0.1, 0.15) is 29.8 Å². The molecule has 116 valence electrons. The van der Waals surface area contributed by atoms with Crippen LogP contribution in [0.2, 0.25) is 5.02 Å². The molecule has 0 saturated carbocycles. The number of nitrogens with two attached hydrogens (primary N) is 1. The third kappa shape index (κ3) is 2.37. The summed E-state index contributed by atoms with van der Waals surface area (Å²) in [4.78, 5) is 15.8. The van der Waals surface area contributed by atoms with Crippen molar-refractivity contribution in [3.8, 4) is 5.75 Å². The minimum atomic E-state index is -0.970.